The lowest BCUT2D eigenvalue weighted by Gasteiger charge is -2.28. The van der Waals surface area contributed by atoms with Crippen LogP contribution in [0.4, 0.5) is 5.00 Å². The Kier molecular flexibility index (Phi) is 3.10. The van der Waals surface area contributed by atoms with E-state index in [2.05, 4.69) is 24.8 Å². The highest BCUT2D eigenvalue weighted by Crippen LogP contribution is 2.33. The smallest absolute Gasteiger partial charge is 0.160 e. The van der Waals surface area contributed by atoms with Gasteiger partial charge in [0.05, 0.1) is 9.88 Å². The number of hydrogen-bond acceptors (Lipinski definition) is 3. The molecule has 0 aromatic carbocycles. The molecule has 1 unspecified atom stereocenters. The summed E-state index contributed by atoms with van der Waals surface area (Å²) in [5, 5.41) is 1.26. The van der Waals surface area contributed by atoms with Gasteiger partial charge in [-0.15, -0.1) is 11.3 Å². The van der Waals surface area contributed by atoms with E-state index in [1.165, 1.54) is 17.8 Å². The van der Waals surface area contributed by atoms with E-state index in [1.54, 1.807) is 11.3 Å². The number of nitrogens with zero attached hydrogens (tertiary/aromatic N) is 1. The van der Waals surface area contributed by atoms with Crippen molar-refractivity contribution >= 4 is 22.6 Å². The van der Waals surface area contributed by atoms with Gasteiger partial charge in [-0.3, -0.25) is 4.79 Å². The van der Waals surface area contributed by atoms with Gasteiger partial charge in [0.25, 0.3) is 0 Å². The summed E-state index contributed by atoms with van der Waals surface area (Å²) in [6, 6.07) is 4.65. The van der Waals surface area contributed by atoms with Gasteiger partial charge in [-0.05, 0) is 30.9 Å². The monoisotopic (exact) mass is 223 g/mol. The molecule has 0 amide bonds. The Morgan fingerprint density at radius 1 is 1.53 bits per heavy atom. The van der Waals surface area contributed by atoms with Crippen LogP contribution < -0.4 is 4.90 Å². The van der Waals surface area contributed by atoms with Crippen molar-refractivity contribution in [1.82, 2.24) is 0 Å². The maximum Gasteiger partial charge on any atom is 0.160 e. The molecule has 15 heavy (non-hydrogen) atoms. The number of hydrogen-bond donors (Lipinski definition) is 0. The molecule has 82 valence electrons. The molecule has 2 rings (SSSR count). The number of carbonyl (C=O) groups excluding carboxylic acids is 1. The Bertz CT molecular complexity index is 345. The lowest BCUT2D eigenvalue weighted by atomic mass is 10.0. The summed E-state index contributed by atoms with van der Waals surface area (Å²) in [6.07, 6.45) is 3.50. The third-order valence-corrected chi connectivity index (χ3v) is 4.13. The zero-order chi connectivity index (χ0) is 10.8. The number of aldehydes is 1. The van der Waals surface area contributed by atoms with Crippen molar-refractivity contribution in [3.05, 3.63) is 17.0 Å². The van der Waals surface area contributed by atoms with Crippen LogP contribution in [0.1, 0.15) is 36.4 Å². The van der Waals surface area contributed by atoms with E-state index in [9.17, 15) is 4.79 Å². The van der Waals surface area contributed by atoms with Crippen LogP contribution in [-0.2, 0) is 0 Å². The Morgan fingerprint density at radius 2 is 2.33 bits per heavy atom. The van der Waals surface area contributed by atoms with Gasteiger partial charge in [0.1, 0.15) is 0 Å². The molecule has 1 aliphatic heterocycles. The number of anilines is 1. The first kappa shape index (κ1) is 10.7. The molecule has 3 heteroatoms. The molecule has 1 aromatic heterocycles. The second kappa shape index (κ2) is 4.35. The fourth-order valence-corrected chi connectivity index (χ4v) is 3.22. The summed E-state index contributed by atoms with van der Waals surface area (Å²) in [7, 11) is 0. The minimum Gasteiger partial charge on any atom is -0.360 e. The van der Waals surface area contributed by atoms with Gasteiger partial charge in [0.15, 0.2) is 6.29 Å². The first-order valence-corrected chi connectivity index (χ1v) is 6.35. The summed E-state index contributed by atoms with van der Waals surface area (Å²) in [6.45, 7) is 5.69. The molecule has 0 radical (unpaired) electrons. The molecule has 0 spiro atoms. The van der Waals surface area contributed by atoms with Crippen LogP contribution in [0.5, 0.6) is 0 Å². The Labute approximate surface area is 94.9 Å². The lowest BCUT2D eigenvalue weighted by molar-refractivity contribution is 0.112. The Morgan fingerprint density at radius 3 is 2.93 bits per heavy atom. The van der Waals surface area contributed by atoms with E-state index in [-0.39, 0.29) is 0 Å². The van der Waals surface area contributed by atoms with E-state index in [4.69, 9.17) is 0 Å². The molecule has 1 saturated heterocycles. The van der Waals surface area contributed by atoms with Gasteiger partial charge in [0.2, 0.25) is 0 Å². The predicted molar refractivity (Wildman–Crippen MR) is 64.9 cm³/mol. The van der Waals surface area contributed by atoms with Crippen molar-refractivity contribution in [2.24, 2.45) is 5.92 Å². The fourth-order valence-electron chi connectivity index (χ4n) is 2.32. The quantitative estimate of drug-likeness (QED) is 0.733. The predicted octanol–water partition coefficient (Wildman–Crippen LogP) is 3.19. The summed E-state index contributed by atoms with van der Waals surface area (Å²) in [5.74, 6) is 0.689. The topological polar surface area (TPSA) is 20.3 Å². The van der Waals surface area contributed by atoms with E-state index < -0.39 is 0 Å². The Hall–Kier alpha value is -0.830. The van der Waals surface area contributed by atoms with Gasteiger partial charge >= 0.3 is 0 Å². The minimum absolute atomic E-state index is 0.656. The average Bonchev–Trinajstić information content (AvgIpc) is 2.85. The van der Waals surface area contributed by atoms with Crippen molar-refractivity contribution in [3.63, 3.8) is 0 Å². The van der Waals surface area contributed by atoms with Crippen LogP contribution in [0.3, 0.4) is 0 Å². The first-order valence-electron chi connectivity index (χ1n) is 5.54. The summed E-state index contributed by atoms with van der Waals surface area (Å²) in [5.41, 5.74) is 0. The SMILES string of the molecule is CC(C)C1CCCN1c1ccc(C=O)s1. The Balaban J connectivity index is 2.18. The highest BCUT2D eigenvalue weighted by atomic mass is 32.1. The molecule has 1 aliphatic rings. The lowest BCUT2D eigenvalue weighted by Crippen LogP contribution is -2.32. The highest BCUT2D eigenvalue weighted by molar-refractivity contribution is 7.17. The van der Waals surface area contributed by atoms with Gasteiger partial charge in [-0.2, -0.15) is 0 Å². The molecule has 0 saturated carbocycles. The highest BCUT2D eigenvalue weighted by Gasteiger charge is 2.27. The maximum atomic E-state index is 10.6. The third kappa shape index (κ3) is 2.07. The van der Waals surface area contributed by atoms with Gasteiger partial charge in [-0.25, -0.2) is 0 Å². The van der Waals surface area contributed by atoms with Crippen molar-refractivity contribution in [3.8, 4) is 0 Å². The maximum absolute atomic E-state index is 10.6. The van der Waals surface area contributed by atoms with Crippen molar-refractivity contribution in [2.75, 3.05) is 11.4 Å². The molecule has 0 aliphatic carbocycles. The first-order chi connectivity index (χ1) is 7.22. The normalized spacial score (nSPS) is 21.3. The number of rotatable bonds is 3. The number of thiophene rings is 1. The molecule has 1 atom stereocenters. The molecule has 1 aromatic rings. The standard InChI is InChI=1S/C12H17NOS/c1-9(2)11-4-3-7-13(11)12-6-5-10(8-14)15-12/h5-6,8-9,11H,3-4,7H2,1-2H3. The van der Waals surface area contributed by atoms with Gasteiger partial charge in [-0.1, -0.05) is 13.8 Å². The van der Waals surface area contributed by atoms with Crippen LogP contribution in [0, 0.1) is 5.92 Å². The van der Waals surface area contributed by atoms with E-state index in [0.29, 0.717) is 12.0 Å². The zero-order valence-electron chi connectivity index (χ0n) is 9.27. The van der Waals surface area contributed by atoms with Crippen molar-refractivity contribution in [2.45, 2.75) is 32.7 Å². The van der Waals surface area contributed by atoms with Gasteiger partial charge in [0, 0.05) is 12.6 Å². The molecular weight excluding hydrogens is 206 g/mol. The summed E-state index contributed by atoms with van der Waals surface area (Å²) >= 11 is 1.61. The van der Waals surface area contributed by atoms with Gasteiger partial charge < -0.3 is 4.90 Å². The summed E-state index contributed by atoms with van der Waals surface area (Å²) < 4.78 is 0. The second-order valence-electron chi connectivity index (χ2n) is 4.44. The van der Waals surface area contributed by atoms with E-state index >= 15 is 0 Å². The zero-order valence-corrected chi connectivity index (χ0v) is 10.1. The van der Waals surface area contributed by atoms with Crippen LogP contribution in [-0.4, -0.2) is 18.9 Å². The largest absolute Gasteiger partial charge is 0.360 e. The molecule has 2 heterocycles. The minimum atomic E-state index is 0.656. The van der Waals surface area contributed by atoms with E-state index in [0.717, 1.165) is 17.7 Å². The van der Waals surface area contributed by atoms with Crippen LogP contribution in [0.15, 0.2) is 12.1 Å². The van der Waals surface area contributed by atoms with E-state index in [1.807, 2.05) is 6.07 Å². The molecule has 1 fully saturated rings. The van der Waals surface area contributed by atoms with Crippen LogP contribution in [0.25, 0.3) is 0 Å². The summed E-state index contributed by atoms with van der Waals surface area (Å²) in [4.78, 5) is 13.9. The van der Waals surface area contributed by atoms with Crippen molar-refractivity contribution < 1.29 is 4.79 Å². The third-order valence-electron chi connectivity index (χ3n) is 3.08. The molecule has 0 N–H and O–H groups in total. The average molecular weight is 223 g/mol. The molecular formula is C12H17NOS. The van der Waals surface area contributed by atoms with Crippen molar-refractivity contribution in [1.29, 1.82) is 0 Å². The number of carbonyl (C=O) groups is 1. The van der Waals surface area contributed by atoms with Crippen LogP contribution in [0.2, 0.25) is 0 Å². The van der Waals surface area contributed by atoms with Crippen LogP contribution >= 0.6 is 11.3 Å². The second-order valence-corrected chi connectivity index (χ2v) is 5.53. The molecule has 0 bridgehead atoms. The molecule has 2 nitrogen and oxygen atoms in total. The fraction of sp³-hybridized carbons (Fsp3) is 0.583.